The van der Waals surface area contributed by atoms with Crippen LogP contribution in [-0.2, 0) is 13.0 Å². The fourth-order valence-electron chi connectivity index (χ4n) is 2.57. The number of aromatic nitrogens is 2. The summed E-state index contributed by atoms with van der Waals surface area (Å²) >= 11 is 1.63. The maximum atomic E-state index is 6.34. The first-order valence-corrected chi connectivity index (χ1v) is 7.93. The number of nitrogens with two attached hydrogens (primary N) is 1. The number of fused-ring (bicyclic) bond motifs is 1. The third-order valence-corrected chi connectivity index (χ3v) is 4.69. The van der Waals surface area contributed by atoms with Crippen molar-refractivity contribution < 1.29 is 4.74 Å². The molecule has 3 rings (SSSR count). The van der Waals surface area contributed by atoms with E-state index in [1.807, 2.05) is 29.6 Å². The Morgan fingerprint density at radius 1 is 1.38 bits per heavy atom. The van der Waals surface area contributed by atoms with Crippen molar-refractivity contribution in [2.24, 2.45) is 5.73 Å². The van der Waals surface area contributed by atoms with Crippen molar-refractivity contribution in [1.82, 2.24) is 9.55 Å². The molecule has 0 radical (unpaired) electrons. The fraction of sp³-hybridized carbons (Fsp3) is 0.312. The molecule has 2 aromatic heterocycles. The number of hydrogen-bond donors (Lipinski definition) is 1. The summed E-state index contributed by atoms with van der Waals surface area (Å²) in [5.41, 5.74) is 8.55. The predicted molar refractivity (Wildman–Crippen MR) is 86.9 cm³/mol. The van der Waals surface area contributed by atoms with Crippen LogP contribution in [0, 0.1) is 0 Å². The quantitative estimate of drug-likeness (QED) is 0.786. The number of benzene rings is 1. The SMILES string of the molecule is CCn1c(CC(N)c2cc(OC)cs2)nc2ccccc21. The van der Waals surface area contributed by atoms with Gasteiger partial charge in [0.05, 0.1) is 18.1 Å². The maximum Gasteiger partial charge on any atom is 0.129 e. The molecule has 5 heteroatoms. The molecule has 1 unspecified atom stereocenters. The van der Waals surface area contributed by atoms with Crippen LogP contribution in [0.2, 0.25) is 0 Å². The second-order valence-electron chi connectivity index (χ2n) is 4.96. The predicted octanol–water partition coefficient (Wildman–Crippen LogP) is 3.37. The lowest BCUT2D eigenvalue weighted by molar-refractivity contribution is 0.416. The van der Waals surface area contributed by atoms with Gasteiger partial charge in [-0.05, 0) is 25.1 Å². The number of ether oxygens (including phenoxy) is 1. The highest BCUT2D eigenvalue weighted by Gasteiger charge is 2.15. The average molecular weight is 301 g/mol. The maximum absolute atomic E-state index is 6.34. The molecule has 0 amide bonds. The summed E-state index contributed by atoms with van der Waals surface area (Å²) in [4.78, 5) is 5.86. The minimum Gasteiger partial charge on any atom is -0.496 e. The summed E-state index contributed by atoms with van der Waals surface area (Å²) in [5.74, 6) is 1.91. The molecule has 3 aromatic rings. The summed E-state index contributed by atoms with van der Waals surface area (Å²) in [5, 5.41) is 1.98. The van der Waals surface area contributed by atoms with Gasteiger partial charge in [-0.25, -0.2) is 4.98 Å². The smallest absolute Gasteiger partial charge is 0.129 e. The van der Waals surface area contributed by atoms with Crippen LogP contribution in [0.1, 0.15) is 23.7 Å². The molecule has 0 aliphatic carbocycles. The average Bonchev–Trinajstić information content (AvgIpc) is 3.11. The second kappa shape index (κ2) is 5.87. The number of rotatable bonds is 5. The molecule has 4 nitrogen and oxygen atoms in total. The van der Waals surface area contributed by atoms with Gasteiger partial charge in [-0.1, -0.05) is 12.1 Å². The highest BCUT2D eigenvalue weighted by Crippen LogP contribution is 2.28. The van der Waals surface area contributed by atoms with Crippen molar-refractivity contribution in [1.29, 1.82) is 0 Å². The number of aryl methyl sites for hydroxylation is 1. The molecular formula is C16H19N3OS. The first-order valence-electron chi connectivity index (χ1n) is 7.05. The number of hydrogen-bond acceptors (Lipinski definition) is 4. The first kappa shape index (κ1) is 14.1. The van der Waals surface area contributed by atoms with Gasteiger partial charge in [-0.15, -0.1) is 11.3 Å². The van der Waals surface area contributed by atoms with Gasteiger partial charge in [0.2, 0.25) is 0 Å². The molecule has 0 saturated carbocycles. The highest BCUT2D eigenvalue weighted by atomic mass is 32.1. The van der Waals surface area contributed by atoms with Crippen LogP contribution in [0.4, 0.5) is 0 Å². The molecule has 0 saturated heterocycles. The Balaban J connectivity index is 1.90. The van der Waals surface area contributed by atoms with Gasteiger partial charge in [-0.3, -0.25) is 0 Å². The summed E-state index contributed by atoms with van der Waals surface area (Å²) in [6, 6.07) is 10.2. The molecule has 0 aliphatic heterocycles. The van der Waals surface area contributed by atoms with Crippen LogP contribution in [0.15, 0.2) is 35.7 Å². The zero-order valence-corrected chi connectivity index (χ0v) is 13.1. The van der Waals surface area contributed by atoms with Gasteiger partial charge in [-0.2, -0.15) is 0 Å². The standard InChI is InChI=1S/C16H19N3OS/c1-3-19-14-7-5-4-6-13(14)18-16(19)9-12(17)15-8-11(20-2)10-21-15/h4-8,10,12H,3,9,17H2,1-2H3. The molecule has 2 N–H and O–H groups in total. The van der Waals surface area contributed by atoms with E-state index in [9.17, 15) is 0 Å². The van der Waals surface area contributed by atoms with Crippen molar-refractivity contribution in [2.75, 3.05) is 7.11 Å². The highest BCUT2D eigenvalue weighted by molar-refractivity contribution is 7.10. The van der Waals surface area contributed by atoms with Crippen molar-refractivity contribution >= 4 is 22.4 Å². The molecule has 0 fully saturated rings. The Bertz CT molecular complexity index is 747. The molecule has 2 heterocycles. The van der Waals surface area contributed by atoms with Gasteiger partial charge in [0.1, 0.15) is 11.6 Å². The van der Waals surface area contributed by atoms with Crippen LogP contribution in [0.5, 0.6) is 5.75 Å². The Morgan fingerprint density at radius 2 is 2.19 bits per heavy atom. The number of para-hydroxylation sites is 2. The number of methoxy groups -OCH3 is 1. The molecule has 1 aromatic carbocycles. The molecular weight excluding hydrogens is 282 g/mol. The van der Waals surface area contributed by atoms with Crippen LogP contribution in [0.3, 0.4) is 0 Å². The van der Waals surface area contributed by atoms with Crippen molar-refractivity contribution in [2.45, 2.75) is 25.9 Å². The van der Waals surface area contributed by atoms with Crippen LogP contribution in [-0.4, -0.2) is 16.7 Å². The van der Waals surface area contributed by atoms with E-state index in [2.05, 4.69) is 17.6 Å². The van der Waals surface area contributed by atoms with E-state index in [1.54, 1.807) is 18.4 Å². The lowest BCUT2D eigenvalue weighted by Crippen LogP contribution is -2.15. The summed E-state index contributed by atoms with van der Waals surface area (Å²) in [6.45, 7) is 3.04. The minimum atomic E-state index is -0.0546. The van der Waals surface area contributed by atoms with Crippen LogP contribution >= 0.6 is 11.3 Å². The van der Waals surface area contributed by atoms with Gasteiger partial charge >= 0.3 is 0 Å². The largest absolute Gasteiger partial charge is 0.496 e. The number of thiophene rings is 1. The molecule has 110 valence electrons. The summed E-state index contributed by atoms with van der Waals surface area (Å²) < 4.78 is 7.46. The molecule has 0 aliphatic rings. The Kier molecular flexibility index (Phi) is 3.94. The number of nitrogens with zero attached hydrogens (tertiary/aromatic N) is 2. The van der Waals surface area contributed by atoms with E-state index in [-0.39, 0.29) is 6.04 Å². The van der Waals surface area contributed by atoms with E-state index >= 15 is 0 Å². The lowest BCUT2D eigenvalue weighted by Gasteiger charge is -2.11. The van der Waals surface area contributed by atoms with Gasteiger partial charge in [0.15, 0.2) is 0 Å². The van der Waals surface area contributed by atoms with E-state index < -0.39 is 0 Å². The third-order valence-electron chi connectivity index (χ3n) is 3.65. The topological polar surface area (TPSA) is 53.1 Å². The molecule has 0 bridgehead atoms. The number of imidazole rings is 1. The molecule has 1 atom stereocenters. The van der Waals surface area contributed by atoms with E-state index in [4.69, 9.17) is 15.5 Å². The van der Waals surface area contributed by atoms with Crippen LogP contribution < -0.4 is 10.5 Å². The first-order chi connectivity index (χ1) is 10.2. The van der Waals surface area contributed by atoms with E-state index in [0.717, 1.165) is 34.9 Å². The van der Waals surface area contributed by atoms with Gasteiger partial charge < -0.3 is 15.0 Å². The van der Waals surface area contributed by atoms with E-state index in [1.165, 1.54) is 5.52 Å². The molecule has 21 heavy (non-hydrogen) atoms. The van der Waals surface area contributed by atoms with Crippen molar-refractivity contribution in [3.63, 3.8) is 0 Å². The monoisotopic (exact) mass is 301 g/mol. The van der Waals surface area contributed by atoms with E-state index in [0.29, 0.717) is 0 Å². The van der Waals surface area contributed by atoms with Crippen molar-refractivity contribution in [3.8, 4) is 5.75 Å². The van der Waals surface area contributed by atoms with Crippen LogP contribution in [0.25, 0.3) is 11.0 Å². The van der Waals surface area contributed by atoms with Gasteiger partial charge in [0, 0.05) is 29.3 Å². The third kappa shape index (κ3) is 2.66. The molecule has 0 spiro atoms. The fourth-order valence-corrected chi connectivity index (χ4v) is 3.43. The Hall–Kier alpha value is -1.85. The van der Waals surface area contributed by atoms with Gasteiger partial charge in [0.25, 0.3) is 0 Å². The van der Waals surface area contributed by atoms with Crippen molar-refractivity contribution in [3.05, 3.63) is 46.4 Å². The second-order valence-corrected chi connectivity index (χ2v) is 5.90. The Morgan fingerprint density at radius 3 is 2.90 bits per heavy atom. The zero-order chi connectivity index (χ0) is 14.8. The summed E-state index contributed by atoms with van der Waals surface area (Å²) in [6.07, 6.45) is 0.728. The lowest BCUT2D eigenvalue weighted by atomic mass is 10.2. The normalized spacial score (nSPS) is 12.7. The Labute approximate surface area is 128 Å². The summed E-state index contributed by atoms with van der Waals surface area (Å²) in [7, 11) is 1.67. The minimum absolute atomic E-state index is 0.0546. The zero-order valence-electron chi connectivity index (χ0n) is 12.2.